The number of benzene rings is 3. The number of aryl methyl sites for hydroxylation is 1. The number of aromatic amines is 1. The lowest BCUT2D eigenvalue weighted by molar-refractivity contribution is -0.135. The van der Waals surface area contributed by atoms with Crippen molar-refractivity contribution in [2.24, 2.45) is 0 Å². The number of carboxylic acid groups (broad SMARTS) is 1. The van der Waals surface area contributed by atoms with Gasteiger partial charge < -0.3 is 20.1 Å². The maximum atomic E-state index is 12.3. The molecule has 0 aliphatic heterocycles. The molecule has 0 spiro atoms. The van der Waals surface area contributed by atoms with Crippen LogP contribution in [0.1, 0.15) is 33.8 Å². The van der Waals surface area contributed by atoms with Crippen LogP contribution in [0.25, 0.3) is 22.0 Å². The summed E-state index contributed by atoms with van der Waals surface area (Å²) < 4.78 is 43.9. The Kier molecular flexibility index (Phi) is 9.57. The van der Waals surface area contributed by atoms with Gasteiger partial charge in [-0.05, 0) is 46.9 Å². The number of carbonyl (C=O) groups excluding carboxylic acids is 1. The minimum absolute atomic E-state index is 0.0681. The van der Waals surface area contributed by atoms with E-state index in [4.69, 9.17) is 21.4 Å². The average Bonchev–Trinajstić information content (AvgIpc) is 3.76. The van der Waals surface area contributed by atoms with E-state index >= 15 is 0 Å². The largest absolute Gasteiger partial charge is 0.478 e. The topological polar surface area (TPSA) is 134 Å². The summed E-state index contributed by atoms with van der Waals surface area (Å²) in [4.78, 5) is 29.6. The quantitative estimate of drug-likeness (QED) is 0.0809. The summed E-state index contributed by atoms with van der Waals surface area (Å²) in [6.45, 7) is 1.47. The number of halogens is 4. The van der Waals surface area contributed by atoms with Crippen LogP contribution in [-0.4, -0.2) is 61.7 Å². The highest BCUT2D eigenvalue weighted by Gasteiger charge is 2.40. The Labute approximate surface area is 260 Å². The number of hydrogen-bond acceptors (Lipinski definition) is 6. The first-order valence-corrected chi connectivity index (χ1v) is 14.3. The van der Waals surface area contributed by atoms with Gasteiger partial charge in [0.05, 0.1) is 17.3 Å². The van der Waals surface area contributed by atoms with Crippen LogP contribution >= 0.6 is 11.6 Å². The Hall–Kier alpha value is -5.04. The molecule has 0 bridgehead atoms. The molecule has 4 N–H and O–H groups in total. The fourth-order valence-corrected chi connectivity index (χ4v) is 5.11. The van der Waals surface area contributed by atoms with Crippen LogP contribution in [0.3, 0.4) is 0 Å². The van der Waals surface area contributed by atoms with E-state index in [9.17, 15) is 22.8 Å². The standard InChI is InChI=1S/C17H13ClF3NO2.C14H15N5O2/c18-15(17(19,20)21)22-16(23)24-9-14-12-7-3-1-5-10(12)11-6-2-4-8-13(11)14;20-13(21)10-2-3-12-11(8-10)9-18-19(12)7-1-4-15-14-16-5-6-17-14/h1-8,14-15H,9H2,(H,22,23);2-3,5-6,8-9H,1,4,7H2,(H,20,21)(H2,15,16,17). The van der Waals surface area contributed by atoms with Crippen molar-refractivity contribution in [2.45, 2.75) is 30.6 Å². The molecule has 10 nitrogen and oxygen atoms in total. The lowest BCUT2D eigenvalue weighted by atomic mass is 9.98. The lowest BCUT2D eigenvalue weighted by Crippen LogP contribution is -2.41. The van der Waals surface area contributed by atoms with Crippen molar-refractivity contribution < 1.29 is 32.6 Å². The molecular formula is C31H28ClF3N6O4. The van der Waals surface area contributed by atoms with Crippen molar-refractivity contribution in [3.05, 3.63) is 102 Å². The van der Waals surface area contributed by atoms with E-state index in [2.05, 4.69) is 20.4 Å². The normalized spacial score (nSPS) is 12.9. The Balaban J connectivity index is 0.000000179. The van der Waals surface area contributed by atoms with Crippen molar-refractivity contribution in [1.29, 1.82) is 0 Å². The number of anilines is 1. The molecule has 2 aromatic heterocycles. The van der Waals surface area contributed by atoms with E-state index in [1.54, 1.807) is 42.1 Å². The van der Waals surface area contributed by atoms with E-state index in [1.165, 1.54) is 0 Å². The molecule has 1 unspecified atom stereocenters. The smallest absolute Gasteiger partial charge is 0.422 e. The number of hydrogen-bond donors (Lipinski definition) is 4. The second-order valence-corrected chi connectivity index (χ2v) is 10.5. The average molecular weight is 641 g/mol. The van der Waals surface area contributed by atoms with E-state index in [0.29, 0.717) is 0 Å². The fraction of sp³-hybridized carbons (Fsp3) is 0.226. The fourth-order valence-electron chi connectivity index (χ4n) is 5.02. The number of rotatable bonds is 9. The molecular weight excluding hydrogens is 613 g/mol. The number of alkyl halides is 4. The van der Waals surface area contributed by atoms with Crippen molar-refractivity contribution in [3.63, 3.8) is 0 Å². The first-order chi connectivity index (χ1) is 21.6. The molecule has 1 amide bonds. The molecule has 6 rings (SSSR count). The summed E-state index contributed by atoms with van der Waals surface area (Å²) in [5.74, 6) is -0.387. The van der Waals surface area contributed by atoms with Crippen molar-refractivity contribution in [3.8, 4) is 11.1 Å². The number of nitrogens with zero attached hydrogens (tertiary/aromatic N) is 3. The third-order valence-electron chi connectivity index (χ3n) is 7.10. The predicted octanol–water partition coefficient (Wildman–Crippen LogP) is 6.61. The van der Waals surface area contributed by atoms with E-state index in [-0.39, 0.29) is 18.1 Å². The summed E-state index contributed by atoms with van der Waals surface area (Å²) >= 11 is 5.07. The number of aromatic nitrogens is 4. The van der Waals surface area contributed by atoms with Gasteiger partial charge in [0, 0.05) is 36.8 Å². The van der Waals surface area contributed by atoms with Crippen LogP contribution in [0.2, 0.25) is 0 Å². The van der Waals surface area contributed by atoms with Gasteiger partial charge in [0.25, 0.3) is 0 Å². The number of alkyl carbamates (subject to hydrolysis) is 1. The third-order valence-corrected chi connectivity index (χ3v) is 7.46. The zero-order chi connectivity index (χ0) is 32.0. The van der Waals surface area contributed by atoms with Crippen LogP contribution in [-0.2, 0) is 11.3 Å². The van der Waals surface area contributed by atoms with Gasteiger partial charge in [0.2, 0.25) is 5.50 Å². The third kappa shape index (κ3) is 7.55. The van der Waals surface area contributed by atoms with Crippen LogP contribution < -0.4 is 10.6 Å². The number of carbonyl (C=O) groups is 2. The molecule has 0 fully saturated rings. The summed E-state index contributed by atoms with van der Waals surface area (Å²) in [5, 5.41) is 18.9. The molecule has 1 aliphatic carbocycles. The molecule has 1 atom stereocenters. The number of ether oxygens (including phenoxy) is 1. The molecule has 0 saturated carbocycles. The molecule has 45 heavy (non-hydrogen) atoms. The second kappa shape index (κ2) is 13.7. The number of amides is 1. The van der Waals surface area contributed by atoms with Gasteiger partial charge in [-0.1, -0.05) is 60.1 Å². The molecule has 2 heterocycles. The highest BCUT2D eigenvalue weighted by Crippen LogP contribution is 2.44. The first-order valence-electron chi connectivity index (χ1n) is 13.9. The maximum absolute atomic E-state index is 12.3. The molecule has 1 aliphatic rings. The van der Waals surface area contributed by atoms with Gasteiger partial charge >= 0.3 is 18.2 Å². The maximum Gasteiger partial charge on any atom is 0.422 e. The number of H-pyrrole nitrogens is 1. The molecule has 0 radical (unpaired) electrons. The van der Waals surface area contributed by atoms with Gasteiger partial charge in [0.15, 0.2) is 5.95 Å². The summed E-state index contributed by atoms with van der Waals surface area (Å²) in [5.41, 5.74) is 2.77. The molecule has 5 aromatic rings. The monoisotopic (exact) mass is 640 g/mol. The summed E-state index contributed by atoms with van der Waals surface area (Å²) in [6, 6.07) is 20.4. The number of nitrogens with one attached hydrogen (secondary N) is 3. The van der Waals surface area contributed by atoms with Gasteiger partial charge in [-0.3, -0.25) is 10.00 Å². The van der Waals surface area contributed by atoms with Gasteiger partial charge in [0.1, 0.15) is 6.61 Å². The van der Waals surface area contributed by atoms with Crippen LogP contribution in [0.4, 0.5) is 23.9 Å². The number of aromatic carboxylic acids is 1. The highest BCUT2D eigenvalue weighted by molar-refractivity contribution is 6.21. The Morgan fingerprint density at radius 1 is 1.07 bits per heavy atom. The summed E-state index contributed by atoms with van der Waals surface area (Å²) in [7, 11) is 0. The van der Waals surface area contributed by atoms with E-state index in [0.717, 1.165) is 58.6 Å². The van der Waals surface area contributed by atoms with Gasteiger partial charge in [-0.25, -0.2) is 14.6 Å². The highest BCUT2D eigenvalue weighted by atomic mass is 35.5. The number of imidazole rings is 1. The molecule has 0 saturated heterocycles. The Morgan fingerprint density at radius 2 is 1.76 bits per heavy atom. The zero-order valence-electron chi connectivity index (χ0n) is 23.6. The van der Waals surface area contributed by atoms with Gasteiger partial charge in [-0.2, -0.15) is 18.3 Å². The second-order valence-electron chi connectivity index (χ2n) is 10.0. The lowest BCUT2D eigenvalue weighted by Gasteiger charge is -2.17. The Morgan fingerprint density at radius 3 is 2.38 bits per heavy atom. The SMILES string of the molecule is O=C(NC(Cl)C(F)(F)F)OCC1c2ccccc2-c2ccccc21.O=C(O)c1ccc2c(cnn2CCCNc2ncc[nH]2)c1. The number of carboxylic acids is 1. The zero-order valence-corrected chi connectivity index (χ0v) is 24.3. The van der Waals surface area contributed by atoms with Crippen molar-refractivity contribution in [2.75, 3.05) is 18.5 Å². The molecule has 14 heteroatoms. The Bertz CT molecular complexity index is 1730. The van der Waals surface area contributed by atoms with Crippen molar-refractivity contribution in [1.82, 2.24) is 25.1 Å². The van der Waals surface area contributed by atoms with Crippen molar-refractivity contribution >= 4 is 40.5 Å². The van der Waals surface area contributed by atoms with Crippen LogP contribution in [0.15, 0.2) is 85.3 Å². The minimum atomic E-state index is -4.73. The molecule has 234 valence electrons. The van der Waals surface area contributed by atoms with Crippen LogP contribution in [0.5, 0.6) is 0 Å². The van der Waals surface area contributed by atoms with Crippen LogP contribution in [0, 0.1) is 0 Å². The predicted molar refractivity (Wildman–Crippen MR) is 162 cm³/mol. The molecule has 3 aromatic carbocycles. The first kappa shape index (κ1) is 31.4. The van der Waals surface area contributed by atoms with E-state index < -0.39 is 23.7 Å². The minimum Gasteiger partial charge on any atom is -0.478 e. The van der Waals surface area contributed by atoms with E-state index in [1.807, 2.05) is 53.2 Å². The summed E-state index contributed by atoms with van der Waals surface area (Å²) in [6.07, 6.45) is 0.119. The van der Waals surface area contributed by atoms with Gasteiger partial charge in [-0.15, -0.1) is 0 Å². The number of fused-ring (bicyclic) bond motifs is 4.